The second kappa shape index (κ2) is 6.34. The summed E-state index contributed by atoms with van der Waals surface area (Å²) in [7, 11) is 0. The van der Waals surface area contributed by atoms with E-state index in [0.717, 1.165) is 24.4 Å². The molecule has 1 N–H and O–H groups in total. The van der Waals surface area contributed by atoms with Gasteiger partial charge >= 0.3 is 0 Å². The van der Waals surface area contributed by atoms with Crippen LogP contribution in [0.2, 0.25) is 0 Å². The van der Waals surface area contributed by atoms with Crippen LogP contribution in [0.3, 0.4) is 0 Å². The van der Waals surface area contributed by atoms with Crippen LogP contribution < -0.4 is 5.32 Å². The predicted molar refractivity (Wildman–Crippen MR) is 81.0 cm³/mol. The van der Waals surface area contributed by atoms with Crippen LogP contribution in [0.5, 0.6) is 0 Å². The quantitative estimate of drug-likeness (QED) is 0.844. The molecule has 0 aliphatic heterocycles. The maximum absolute atomic E-state index is 12.4. The SMILES string of the molecule is CC(Sc1nnnn1C1CC1)C(=O)NC1CCCCC1C. The number of tetrazole rings is 1. The molecular formula is C14H23N5OS. The lowest BCUT2D eigenvalue weighted by Gasteiger charge is -2.30. The number of carbonyl (C=O) groups is 1. The normalized spacial score (nSPS) is 27.3. The molecule has 3 atom stereocenters. The fraction of sp³-hybridized carbons (Fsp3) is 0.857. The molecule has 0 aromatic carbocycles. The van der Waals surface area contributed by atoms with Crippen molar-refractivity contribution in [2.45, 2.75) is 74.9 Å². The van der Waals surface area contributed by atoms with Crippen molar-refractivity contribution in [2.24, 2.45) is 5.92 Å². The number of thioether (sulfide) groups is 1. The number of rotatable bonds is 5. The van der Waals surface area contributed by atoms with Gasteiger partial charge in [0, 0.05) is 6.04 Å². The molecule has 1 aromatic rings. The third-order valence-corrected chi connectivity index (χ3v) is 5.49. The minimum Gasteiger partial charge on any atom is -0.352 e. The second-order valence-corrected chi connectivity index (χ2v) is 7.58. The van der Waals surface area contributed by atoms with Gasteiger partial charge in [0.25, 0.3) is 0 Å². The number of carbonyl (C=O) groups excluding carboxylic acids is 1. The zero-order valence-electron chi connectivity index (χ0n) is 12.7. The fourth-order valence-corrected chi connectivity index (χ4v) is 3.72. The number of nitrogens with one attached hydrogen (secondary N) is 1. The molecule has 2 aliphatic rings. The van der Waals surface area contributed by atoms with Crippen molar-refractivity contribution in [3.8, 4) is 0 Å². The summed E-state index contributed by atoms with van der Waals surface area (Å²) >= 11 is 1.46. The van der Waals surface area contributed by atoms with Crippen molar-refractivity contribution >= 4 is 17.7 Å². The molecule has 6 nitrogen and oxygen atoms in total. The molecule has 0 radical (unpaired) electrons. The van der Waals surface area contributed by atoms with Crippen molar-refractivity contribution in [1.29, 1.82) is 0 Å². The van der Waals surface area contributed by atoms with Crippen LogP contribution in [0, 0.1) is 5.92 Å². The highest BCUT2D eigenvalue weighted by Gasteiger charge is 2.30. The van der Waals surface area contributed by atoms with Gasteiger partial charge in [-0.1, -0.05) is 31.5 Å². The lowest BCUT2D eigenvalue weighted by atomic mass is 9.86. The summed E-state index contributed by atoms with van der Waals surface area (Å²) in [5.41, 5.74) is 0. The first-order valence-corrected chi connectivity index (χ1v) is 8.78. The average molecular weight is 309 g/mol. The molecule has 0 spiro atoms. The molecule has 21 heavy (non-hydrogen) atoms. The topological polar surface area (TPSA) is 72.7 Å². The van der Waals surface area contributed by atoms with E-state index in [-0.39, 0.29) is 11.2 Å². The van der Waals surface area contributed by atoms with E-state index < -0.39 is 0 Å². The van der Waals surface area contributed by atoms with Crippen molar-refractivity contribution in [1.82, 2.24) is 25.5 Å². The minimum atomic E-state index is -0.164. The number of nitrogens with zero attached hydrogens (tertiary/aromatic N) is 4. The molecule has 2 fully saturated rings. The van der Waals surface area contributed by atoms with Crippen LogP contribution in [0.25, 0.3) is 0 Å². The van der Waals surface area contributed by atoms with E-state index in [1.54, 1.807) is 0 Å². The Bertz CT molecular complexity index is 501. The first kappa shape index (κ1) is 14.8. The van der Waals surface area contributed by atoms with Crippen molar-refractivity contribution in [2.75, 3.05) is 0 Å². The smallest absolute Gasteiger partial charge is 0.233 e. The summed E-state index contributed by atoms with van der Waals surface area (Å²) in [6.07, 6.45) is 7.10. The van der Waals surface area contributed by atoms with Gasteiger partial charge in [0.1, 0.15) is 0 Å². The molecule has 0 bridgehead atoms. The van der Waals surface area contributed by atoms with E-state index in [1.165, 1.54) is 31.0 Å². The van der Waals surface area contributed by atoms with Crippen molar-refractivity contribution < 1.29 is 4.79 Å². The van der Waals surface area contributed by atoms with Crippen LogP contribution >= 0.6 is 11.8 Å². The Morgan fingerprint density at radius 3 is 2.81 bits per heavy atom. The second-order valence-electron chi connectivity index (χ2n) is 6.27. The van der Waals surface area contributed by atoms with E-state index in [9.17, 15) is 4.79 Å². The Balaban J connectivity index is 1.55. The Labute approximate surface area is 129 Å². The molecule has 1 aromatic heterocycles. The fourth-order valence-electron chi connectivity index (χ4n) is 2.85. The molecule has 7 heteroatoms. The lowest BCUT2D eigenvalue weighted by Crippen LogP contribution is -2.44. The zero-order valence-corrected chi connectivity index (χ0v) is 13.5. The van der Waals surface area contributed by atoms with Crippen LogP contribution in [-0.4, -0.2) is 37.4 Å². The molecule has 2 aliphatic carbocycles. The average Bonchev–Trinajstić information content (AvgIpc) is 3.21. The molecule has 3 unspecified atom stereocenters. The third-order valence-electron chi connectivity index (χ3n) is 4.45. The predicted octanol–water partition coefficient (Wildman–Crippen LogP) is 2.18. The summed E-state index contributed by atoms with van der Waals surface area (Å²) in [6, 6.07) is 0.768. The summed E-state index contributed by atoms with van der Waals surface area (Å²) in [6.45, 7) is 4.16. The molecule has 1 amide bonds. The van der Waals surface area contributed by atoms with Gasteiger partial charge in [0.15, 0.2) is 0 Å². The molecule has 0 saturated heterocycles. The number of aromatic nitrogens is 4. The summed E-state index contributed by atoms with van der Waals surface area (Å²) in [5.74, 6) is 0.681. The van der Waals surface area contributed by atoms with Crippen LogP contribution in [0.15, 0.2) is 5.16 Å². The van der Waals surface area contributed by atoms with Crippen LogP contribution in [-0.2, 0) is 4.79 Å². The third kappa shape index (κ3) is 3.56. The molecule has 1 heterocycles. The highest BCUT2D eigenvalue weighted by atomic mass is 32.2. The Hall–Kier alpha value is -1.11. The Morgan fingerprint density at radius 1 is 1.33 bits per heavy atom. The Kier molecular flexibility index (Phi) is 4.47. The summed E-state index contributed by atoms with van der Waals surface area (Å²) < 4.78 is 1.86. The summed E-state index contributed by atoms with van der Waals surface area (Å²) in [4.78, 5) is 12.4. The van der Waals surface area contributed by atoms with E-state index in [2.05, 4.69) is 27.8 Å². The van der Waals surface area contributed by atoms with Crippen molar-refractivity contribution in [3.05, 3.63) is 0 Å². The standard InChI is InChI=1S/C14H23N5OS/c1-9-5-3-4-6-12(9)15-13(20)10(2)21-14-16-17-18-19(14)11-7-8-11/h9-12H,3-8H2,1-2H3,(H,15,20). The molecule has 3 rings (SSSR count). The van der Waals surface area contributed by atoms with Gasteiger partial charge in [-0.25, -0.2) is 4.68 Å². The number of hydrogen-bond acceptors (Lipinski definition) is 5. The highest BCUT2D eigenvalue weighted by Crippen LogP contribution is 2.37. The highest BCUT2D eigenvalue weighted by molar-refractivity contribution is 8.00. The Morgan fingerprint density at radius 2 is 2.10 bits per heavy atom. The largest absolute Gasteiger partial charge is 0.352 e. The first-order chi connectivity index (χ1) is 10.1. The van der Waals surface area contributed by atoms with Gasteiger partial charge in [0.2, 0.25) is 11.1 Å². The summed E-state index contributed by atoms with van der Waals surface area (Å²) in [5, 5.41) is 15.6. The number of hydrogen-bond donors (Lipinski definition) is 1. The number of amides is 1. The van der Waals surface area contributed by atoms with Crippen LogP contribution in [0.1, 0.15) is 58.4 Å². The van der Waals surface area contributed by atoms with Crippen molar-refractivity contribution in [3.63, 3.8) is 0 Å². The monoisotopic (exact) mass is 309 g/mol. The first-order valence-electron chi connectivity index (χ1n) is 7.90. The van der Waals surface area contributed by atoms with Gasteiger partial charge in [-0.05, 0) is 49.0 Å². The van der Waals surface area contributed by atoms with Gasteiger partial charge < -0.3 is 5.32 Å². The molecule has 116 valence electrons. The van der Waals surface area contributed by atoms with E-state index in [0.29, 0.717) is 18.0 Å². The molecule has 2 saturated carbocycles. The maximum Gasteiger partial charge on any atom is 0.233 e. The lowest BCUT2D eigenvalue weighted by molar-refractivity contribution is -0.121. The maximum atomic E-state index is 12.4. The molecular weight excluding hydrogens is 286 g/mol. The van der Waals surface area contributed by atoms with E-state index >= 15 is 0 Å². The van der Waals surface area contributed by atoms with E-state index in [1.807, 2.05) is 11.6 Å². The van der Waals surface area contributed by atoms with Gasteiger partial charge in [0.05, 0.1) is 11.3 Å². The van der Waals surface area contributed by atoms with Crippen LogP contribution in [0.4, 0.5) is 0 Å². The van der Waals surface area contributed by atoms with Gasteiger partial charge in [-0.15, -0.1) is 5.10 Å². The van der Waals surface area contributed by atoms with Gasteiger partial charge in [-0.3, -0.25) is 4.79 Å². The van der Waals surface area contributed by atoms with Gasteiger partial charge in [-0.2, -0.15) is 0 Å². The zero-order chi connectivity index (χ0) is 14.8. The minimum absolute atomic E-state index is 0.101. The van der Waals surface area contributed by atoms with E-state index in [4.69, 9.17) is 0 Å².